The van der Waals surface area contributed by atoms with Crippen LogP contribution in [0.3, 0.4) is 0 Å². The van der Waals surface area contributed by atoms with Crippen LogP contribution in [-0.2, 0) is 9.53 Å². The number of hydrogen-bond donors (Lipinski definition) is 1. The van der Waals surface area contributed by atoms with Crippen molar-refractivity contribution in [3.8, 4) is 5.75 Å². The van der Waals surface area contributed by atoms with E-state index in [1.807, 2.05) is 6.92 Å². The van der Waals surface area contributed by atoms with Crippen molar-refractivity contribution < 1.29 is 18.7 Å². The smallest absolute Gasteiger partial charge is 0.325 e. The van der Waals surface area contributed by atoms with Gasteiger partial charge in [0, 0.05) is 6.42 Å². The van der Waals surface area contributed by atoms with Crippen molar-refractivity contribution in [3.05, 3.63) is 29.6 Å². The average molecular weight is 283 g/mol. The zero-order valence-corrected chi connectivity index (χ0v) is 12.6. The van der Waals surface area contributed by atoms with Crippen LogP contribution < -0.4 is 10.1 Å². The van der Waals surface area contributed by atoms with Gasteiger partial charge in [0.25, 0.3) is 0 Å². The summed E-state index contributed by atoms with van der Waals surface area (Å²) in [7, 11) is 3.06. The van der Waals surface area contributed by atoms with Gasteiger partial charge in [-0.05, 0) is 51.6 Å². The SMILES string of the molecule is CNC(C)(CC(C)Oc1ccc(F)cc1C)C(=O)OC. The minimum Gasteiger partial charge on any atom is -0.490 e. The summed E-state index contributed by atoms with van der Waals surface area (Å²) >= 11 is 0. The number of aryl methyl sites for hydroxylation is 1. The zero-order chi connectivity index (χ0) is 15.3. The molecule has 0 aliphatic carbocycles. The van der Waals surface area contributed by atoms with Crippen LogP contribution in [0.1, 0.15) is 25.8 Å². The maximum atomic E-state index is 13.0. The largest absolute Gasteiger partial charge is 0.490 e. The third-order valence-corrected chi connectivity index (χ3v) is 3.35. The van der Waals surface area contributed by atoms with E-state index < -0.39 is 5.54 Å². The molecule has 0 fully saturated rings. The predicted octanol–water partition coefficient (Wildman–Crippen LogP) is 2.44. The van der Waals surface area contributed by atoms with Crippen LogP contribution in [0.15, 0.2) is 18.2 Å². The van der Waals surface area contributed by atoms with E-state index in [4.69, 9.17) is 9.47 Å². The maximum absolute atomic E-state index is 13.0. The van der Waals surface area contributed by atoms with Gasteiger partial charge in [-0.1, -0.05) is 0 Å². The molecule has 0 radical (unpaired) electrons. The fourth-order valence-electron chi connectivity index (χ4n) is 2.09. The molecule has 0 saturated heterocycles. The summed E-state index contributed by atoms with van der Waals surface area (Å²) in [5.41, 5.74) is -0.0941. The number of ether oxygens (including phenoxy) is 2. The molecule has 4 nitrogen and oxygen atoms in total. The van der Waals surface area contributed by atoms with Gasteiger partial charge in [0.15, 0.2) is 0 Å². The van der Waals surface area contributed by atoms with Gasteiger partial charge in [-0.25, -0.2) is 4.39 Å². The van der Waals surface area contributed by atoms with Crippen LogP contribution in [0.25, 0.3) is 0 Å². The highest BCUT2D eigenvalue weighted by Crippen LogP contribution is 2.23. The molecule has 0 aromatic heterocycles. The summed E-state index contributed by atoms with van der Waals surface area (Å²) in [4.78, 5) is 11.8. The van der Waals surface area contributed by atoms with E-state index in [2.05, 4.69) is 5.32 Å². The minimum absolute atomic E-state index is 0.226. The summed E-state index contributed by atoms with van der Waals surface area (Å²) in [5, 5.41) is 2.96. The quantitative estimate of drug-likeness (QED) is 0.815. The Morgan fingerprint density at radius 1 is 1.50 bits per heavy atom. The topological polar surface area (TPSA) is 47.6 Å². The fraction of sp³-hybridized carbons (Fsp3) is 0.533. The van der Waals surface area contributed by atoms with E-state index in [0.717, 1.165) is 5.56 Å². The first-order valence-corrected chi connectivity index (χ1v) is 6.52. The first kappa shape index (κ1) is 16.4. The summed E-state index contributed by atoms with van der Waals surface area (Å²) in [6.07, 6.45) is 0.211. The van der Waals surface area contributed by atoms with Crippen LogP contribution in [0.5, 0.6) is 5.75 Å². The number of carbonyl (C=O) groups is 1. The second-order valence-electron chi connectivity index (χ2n) is 5.12. The molecule has 0 saturated carbocycles. The van der Waals surface area contributed by atoms with Crippen molar-refractivity contribution in [2.24, 2.45) is 0 Å². The molecule has 2 atom stereocenters. The van der Waals surface area contributed by atoms with Crippen LogP contribution in [0, 0.1) is 12.7 Å². The van der Waals surface area contributed by atoms with Crippen molar-refractivity contribution in [1.29, 1.82) is 0 Å². The number of rotatable bonds is 6. The summed E-state index contributed by atoms with van der Waals surface area (Å²) in [5.74, 6) is -0.0226. The van der Waals surface area contributed by atoms with Gasteiger partial charge in [-0.2, -0.15) is 0 Å². The number of benzene rings is 1. The van der Waals surface area contributed by atoms with Crippen molar-refractivity contribution in [1.82, 2.24) is 5.32 Å². The first-order valence-electron chi connectivity index (χ1n) is 6.52. The first-order chi connectivity index (χ1) is 9.32. The summed E-state index contributed by atoms with van der Waals surface area (Å²) in [6, 6.07) is 4.36. The highest BCUT2D eigenvalue weighted by molar-refractivity contribution is 5.80. The Bertz CT molecular complexity index is 478. The number of carbonyl (C=O) groups excluding carboxylic acids is 1. The molecule has 0 aliphatic rings. The molecule has 1 aromatic carbocycles. The van der Waals surface area contributed by atoms with Gasteiger partial charge < -0.3 is 14.8 Å². The maximum Gasteiger partial charge on any atom is 0.325 e. The molecule has 0 heterocycles. The van der Waals surface area contributed by atoms with Crippen LogP contribution in [-0.4, -0.2) is 31.8 Å². The monoisotopic (exact) mass is 283 g/mol. The van der Waals surface area contributed by atoms with Crippen LogP contribution >= 0.6 is 0 Å². The van der Waals surface area contributed by atoms with Gasteiger partial charge in [-0.3, -0.25) is 4.79 Å². The second kappa shape index (κ2) is 6.70. The van der Waals surface area contributed by atoms with Gasteiger partial charge in [-0.15, -0.1) is 0 Å². The van der Waals surface area contributed by atoms with E-state index in [1.54, 1.807) is 27.0 Å². The Morgan fingerprint density at radius 3 is 2.65 bits per heavy atom. The normalized spacial score (nSPS) is 15.3. The average Bonchev–Trinajstić information content (AvgIpc) is 2.40. The summed E-state index contributed by atoms with van der Waals surface area (Å²) < 4.78 is 23.6. The Labute approximate surface area is 119 Å². The second-order valence-corrected chi connectivity index (χ2v) is 5.12. The molecule has 1 N–H and O–H groups in total. The number of likely N-dealkylation sites (N-methyl/N-ethyl adjacent to an activating group) is 1. The van der Waals surface area contributed by atoms with Crippen molar-refractivity contribution in [2.45, 2.75) is 38.8 Å². The van der Waals surface area contributed by atoms with Gasteiger partial charge >= 0.3 is 5.97 Å². The van der Waals surface area contributed by atoms with E-state index in [1.165, 1.54) is 19.2 Å². The van der Waals surface area contributed by atoms with Crippen LogP contribution in [0.2, 0.25) is 0 Å². The third-order valence-electron chi connectivity index (χ3n) is 3.35. The Kier molecular flexibility index (Phi) is 5.51. The van der Waals surface area contributed by atoms with Crippen molar-refractivity contribution >= 4 is 5.97 Å². The lowest BCUT2D eigenvalue weighted by Crippen LogP contribution is -2.50. The molecule has 0 aliphatic heterocycles. The predicted molar refractivity (Wildman–Crippen MR) is 75.3 cm³/mol. The van der Waals surface area contributed by atoms with Crippen molar-refractivity contribution in [2.75, 3.05) is 14.2 Å². The molecule has 1 aromatic rings. The number of hydrogen-bond acceptors (Lipinski definition) is 4. The molecule has 5 heteroatoms. The number of nitrogens with one attached hydrogen (secondary N) is 1. The molecule has 0 amide bonds. The molecule has 0 spiro atoms. The number of methoxy groups -OCH3 is 1. The van der Waals surface area contributed by atoms with E-state index in [9.17, 15) is 9.18 Å². The van der Waals surface area contributed by atoms with Gasteiger partial charge in [0.05, 0.1) is 13.2 Å². The lowest BCUT2D eigenvalue weighted by molar-refractivity contribution is -0.148. The highest BCUT2D eigenvalue weighted by atomic mass is 19.1. The minimum atomic E-state index is -0.817. The molecule has 0 bridgehead atoms. The summed E-state index contributed by atoms with van der Waals surface area (Å²) in [6.45, 7) is 5.40. The molecular weight excluding hydrogens is 261 g/mol. The lowest BCUT2D eigenvalue weighted by Gasteiger charge is -2.29. The molecule has 2 unspecified atom stereocenters. The molecular formula is C15H22FNO3. The standard InChI is InChI=1S/C15H22FNO3/c1-10-8-12(16)6-7-13(10)20-11(2)9-15(3,17-4)14(18)19-5/h6-8,11,17H,9H2,1-5H3. The van der Waals surface area contributed by atoms with E-state index in [-0.39, 0.29) is 17.9 Å². The fourth-order valence-corrected chi connectivity index (χ4v) is 2.09. The Hall–Kier alpha value is -1.62. The number of halogens is 1. The number of esters is 1. The van der Waals surface area contributed by atoms with Crippen LogP contribution in [0.4, 0.5) is 4.39 Å². The molecule has 20 heavy (non-hydrogen) atoms. The highest BCUT2D eigenvalue weighted by Gasteiger charge is 2.34. The molecule has 112 valence electrons. The van der Waals surface area contributed by atoms with Crippen molar-refractivity contribution in [3.63, 3.8) is 0 Å². The Morgan fingerprint density at radius 2 is 2.15 bits per heavy atom. The van der Waals surface area contributed by atoms with Gasteiger partial charge in [0.2, 0.25) is 0 Å². The van der Waals surface area contributed by atoms with E-state index >= 15 is 0 Å². The van der Waals surface area contributed by atoms with E-state index in [0.29, 0.717) is 12.2 Å². The zero-order valence-electron chi connectivity index (χ0n) is 12.6. The lowest BCUT2D eigenvalue weighted by atomic mass is 9.95. The molecule has 1 rings (SSSR count). The van der Waals surface area contributed by atoms with Gasteiger partial charge in [0.1, 0.15) is 17.1 Å². The Balaban J connectivity index is 2.76. The third kappa shape index (κ3) is 3.93.